The second-order valence-corrected chi connectivity index (χ2v) is 4.12. The average molecular weight is 230 g/mol. The number of likely N-dealkylation sites (N-methyl/N-ethyl adjacent to an activating group) is 1. The van der Waals surface area contributed by atoms with E-state index in [0.29, 0.717) is 0 Å². The van der Waals surface area contributed by atoms with E-state index < -0.39 is 0 Å². The quantitative estimate of drug-likeness (QED) is 0.854. The molecule has 0 amide bonds. The number of aromatic nitrogens is 1. The molecule has 90 valence electrons. The Morgan fingerprint density at radius 2 is 2.18 bits per heavy atom. The molecule has 0 saturated heterocycles. The zero-order chi connectivity index (χ0) is 12.1. The van der Waals surface area contributed by atoms with Gasteiger partial charge in [0.15, 0.2) is 0 Å². The van der Waals surface area contributed by atoms with Crippen LogP contribution >= 0.6 is 0 Å². The van der Waals surface area contributed by atoms with Gasteiger partial charge in [-0.05, 0) is 30.3 Å². The average Bonchev–Trinajstić information content (AvgIpc) is 2.38. The number of aliphatic hydroxyl groups is 1. The predicted molar refractivity (Wildman–Crippen MR) is 69.8 cm³/mol. The van der Waals surface area contributed by atoms with Crippen LogP contribution < -0.4 is 0 Å². The Bertz CT molecular complexity index is 484. The number of fused-ring (bicyclic) bond motifs is 1. The van der Waals surface area contributed by atoms with Crippen molar-refractivity contribution in [3.05, 3.63) is 42.1 Å². The number of nitrogens with zero attached hydrogens (tertiary/aromatic N) is 2. The van der Waals surface area contributed by atoms with Gasteiger partial charge in [0, 0.05) is 24.7 Å². The van der Waals surface area contributed by atoms with Gasteiger partial charge in [0.05, 0.1) is 12.1 Å². The van der Waals surface area contributed by atoms with E-state index in [-0.39, 0.29) is 6.61 Å². The number of benzene rings is 1. The second kappa shape index (κ2) is 5.75. The van der Waals surface area contributed by atoms with Gasteiger partial charge >= 0.3 is 0 Å². The molecule has 17 heavy (non-hydrogen) atoms. The highest BCUT2D eigenvalue weighted by Gasteiger charge is 2.03. The lowest BCUT2D eigenvalue weighted by molar-refractivity contribution is 0.197. The molecule has 3 nitrogen and oxygen atoms in total. The molecule has 1 N–H and O–H groups in total. The van der Waals surface area contributed by atoms with Crippen molar-refractivity contribution in [2.45, 2.75) is 13.5 Å². The van der Waals surface area contributed by atoms with Gasteiger partial charge in [-0.1, -0.05) is 19.1 Å². The zero-order valence-corrected chi connectivity index (χ0v) is 10.1. The molecule has 2 rings (SSSR count). The van der Waals surface area contributed by atoms with Gasteiger partial charge in [0.2, 0.25) is 0 Å². The zero-order valence-electron chi connectivity index (χ0n) is 10.1. The highest BCUT2D eigenvalue weighted by Crippen LogP contribution is 2.14. The molecule has 0 bridgehead atoms. The van der Waals surface area contributed by atoms with Gasteiger partial charge in [-0.15, -0.1) is 0 Å². The Morgan fingerprint density at radius 3 is 2.94 bits per heavy atom. The van der Waals surface area contributed by atoms with Crippen LogP contribution in [-0.2, 0) is 6.54 Å². The van der Waals surface area contributed by atoms with Crippen molar-refractivity contribution >= 4 is 10.9 Å². The van der Waals surface area contributed by atoms with E-state index in [9.17, 15) is 0 Å². The van der Waals surface area contributed by atoms with E-state index in [2.05, 4.69) is 41.1 Å². The SMILES string of the molecule is CCN(CCO)Cc1ccc2ncccc2c1. The van der Waals surface area contributed by atoms with Crippen LogP contribution in [0.5, 0.6) is 0 Å². The van der Waals surface area contributed by atoms with E-state index in [4.69, 9.17) is 5.11 Å². The molecule has 0 aliphatic rings. The van der Waals surface area contributed by atoms with Gasteiger partial charge in [0.25, 0.3) is 0 Å². The van der Waals surface area contributed by atoms with Crippen LogP contribution in [0.1, 0.15) is 12.5 Å². The number of rotatable bonds is 5. The first-order valence-electron chi connectivity index (χ1n) is 6.00. The fraction of sp³-hybridized carbons (Fsp3) is 0.357. The summed E-state index contributed by atoms with van der Waals surface area (Å²) < 4.78 is 0. The fourth-order valence-electron chi connectivity index (χ4n) is 1.97. The summed E-state index contributed by atoms with van der Waals surface area (Å²) in [6.45, 7) is 4.87. The predicted octanol–water partition coefficient (Wildman–Crippen LogP) is 2.05. The fourth-order valence-corrected chi connectivity index (χ4v) is 1.97. The van der Waals surface area contributed by atoms with Crippen LogP contribution in [0.25, 0.3) is 10.9 Å². The Balaban J connectivity index is 2.18. The lowest BCUT2D eigenvalue weighted by atomic mass is 10.1. The van der Waals surface area contributed by atoms with E-state index in [1.807, 2.05) is 12.3 Å². The van der Waals surface area contributed by atoms with Crippen LogP contribution in [0.15, 0.2) is 36.5 Å². The van der Waals surface area contributed by atoms with Crippen LogP contribution in [-0.4, -0.2) is 34.7 Å². The summed E-state index contributed by atoms with van der Waals surface area (Å²) in [5.41, 5.74) is 2.29. The Kier molecular flexibility index (Phi) is 4.07. The molecule has 0 unspecified atom stereocenters. The summed E-state index contributed by atoms with van der Waals surface area (Å²) in [5.74, 6) is 0. The van der Waals surface area contributed by atoms with Crippen LogP contribution in [0.2, 0.25) is 0 Å². The maximum atomic E-state index is 8.97. The van der Waals surface area contributed by atoms with Crippen LogP contribution in [0, 0.1) is 0 Å². The summed E-state index contributed by atoms with van der Waals surface area (Å²) in [6.07, 6.45) is 1.81. The molecule has 0 aliphatic carbocycles. The molecule has 3 heteroatoms. The molecule has 0 aliphatic heterocycles. The van der Waals surface area contributed by atoms with Crippen molar-refractivity contribution in [1.82, 2.24) is 9.88 Å². The van der Waals surface area contributed by atoms with Crippen molar-refractivity contribution in [1.29, 1.82) is 0 Å². The largest absolute Gasteiger partial charge is 0.395 e. The first kappa shape index (κ1) is 12.0. The van der Waals surface area contributed by atoms with Gasteiger partial charge in [-0.2, -0.15) is 0 Å². The normalized spacial score (nSPS) is 11.2. The molecule has 0 spiro atoms. The maximum Gasteiger partial charge on any atom is 0.0702 e. The minimum atomic E-state index is 0.211. The number of hydrogen-bond donors (Lipinski definition) is 1. The molecule has 1 aromatic carbocycles. The molecule has 1 heterocycles. The number of aliphatic hydroxyl groups excluding tert-OH is 1. The molecule has 0 radical (unpaired) electrons. The molecule has 0 atom stereocenters. The lowest BCUT2D eigenvalue weighted by Gasteiger charge is -2.19. The minimum Gasteiger partial charge on any atom is -0.395 e. The monoisotopic (exact) mass is 230 g/mol. The third-order valence-electron chi connectivity index (χ3n) is 2.94. The van der Waals surface area contributed by atoms with Gasteiger partial charge in [-0.3, -0.25) is 9.88 Å². The number of pyridine rings is 1. The van der Waals surface area contributed by atoms with Crippen LogP contribution in [0.4, 0.5) is 0 Å². The third kappa shape index (κ3) is 3.02. The standard InChI is InChI=1S/C14H18N2O/c1-2-16(8-9-17)11-12-5-6-14-13(10-12)4-3-7-15-14/h3-7,10,17H,2,8-9,11H2,1H3. The van der Waals surface area contributed by atoms with Gasteiger partial charge in [-0.25, -0.2) is 0 Å². The minimum absolute atomic E-state index is 0.211. The van der Waals surface area contributed by atoms with Crippen molar-refractivity contribution in [2.75, 3.05) is 19.7 Å². The highest BCUT2D eigenvalue weighted by molar-refractivity contribution is 5.78. The molecule has 1 aromatic heterocycles. The summed E-state index contributed by atoms with van der Waals surface area (Å²) in [6, 6.07) is 10.4. The molecular weight excluding hydrogens is 212 g/mol. The number of hydrogen-bond acceptors (Lipinski definition) is 3. The summed E-state index contributed by atoms with van der Waals surface area (Å²) in [7, 11) is 0. The van der Waals surface area contributed by atoms with Gasteiger partial charge < -0.3 is 5.11 Å². The second-order valence-electron chi connectivity index (χ2n) is 4.12. The van der Waals surface area contributed by atoms with Crippen molar-refractivity contribution in [3.63, 3.8) is 0 Å². The summed E-state index contributed by atoms with van der Waals surface area (Å²) >= 11 is 0. The van der Waals surface area contributed by atoms with Crippen molar-refractivity contribution in [3.8, 4) is 0 Å². The van der Waals surface area contributed by atoms with E-state index in [1.54, 1.807) is 0 Å². The van der Waals surface area contributed by atoms with Crippen molar-refractivity contribution < 1.29 is 5.11 Å². The van der Waals surface area contributed by atoms with Crippen molar-refractivity contribution in [2.24, 2.45) is 0 Å². The third-order valence-corrected chi connectivity index (χ3v) is 2.94. The Labute approximate surface area is 102 Å². The smallest absolute Gasteiger partial charge is 0.0702 e. The topological polar surface area (TPSA) is 36.4 Å². The first-order valence-corrected chi connectivity index (χ1v) is 6.00. The first-order chi connectivity index (χ1) is 8.33. The van der Waals surface area contributed by atoms with Gasteiger partial charge in [0.1, 0.15) is 0 Å². The lowest BCUT2D eigenvalue weighted by Crippen LogP contribution is -2.26. The summed E-state index contributed by atoms with van der Waals surface area (Å²) in [4.78, 5) is 6.52. The molecule has 0 fully saturated rings. The summed E-state index contributed by atoms with van der Waals surface area (Å²) in [5, 5.41) is 10.1. The highest BCUT2D eigenvalue weighted by atomic mass is 16.3. The van der Waals surface area contributed by atoms with E-state index >= 15 is 0 Å². The molecular formula is C14H18N2O. The molecule has 0 saturated carbocycles. The van der Waals surface area contributed by atoms with E-state index in [0.717, 1.165) is 25.2 Å². The van der Waals surface area contributed by atoms with Crippen LogP contribution in [0.3, 0.4) is 0 Å². The van der Waals surface area contributed by atoms with E-state index in [1.165, 1.54) is 10.9 Å². The Hall–Kier alpha value is -1.45. The molecule has 2 aromatic rings. The maximum absolute atomic E-state index is 8.97. The Morgan fingerprint density at radius 1 is 1.29 bits per heavy atom.